The second-order valence-electron chi connectivity index (χ2n) is 11.6. The highest BCUT2D eigenvalue weighted by molar-refractivity contribution is 6.32. The smallest absolute Gasteiger partial charge is 0.433 e. The molecule has 2 amide bonds. The Balaban J connectivity index is 1.35. The number of nitrogens with one attached hydrogen (secondary N) is 1. The van der Waals surface area contributed by atoms with Gasteiger partial charge in [-0.05, 0) is 43.5 Å². The first-order valence-corrected chi connectivity index (χ1v) is 15.9. The van der Waals surface area contributed by atoms with Crippen LogP contribution in [-0.4, -0.2) is 96.4 Å². The summed E-state index contributed by atoms with van der Waals surface area (Å²) in [6.45, 7) is 2.61. The number of hydrogen-bond acceptors (Lipinski definition) is 10. The quantitative estimate of drug-likeness (QED) is 0.216. The first-order valence-electron chi connectivity index (χ1n) is 15.5. The summed E-state index contributed by atoms with van der Waals surface area (Å²) in [6.07, 6.45) is -3.26. The molecular formula is C30H31ClF4N10O4. The number of nitrogens with zero attached hydrogens (tertiary/aromatic N) is 9. The Morgan fingerprint density at radius 3 is 2.49 bits per heavy atom. The second kappa shape index (κ2) is 13.5. The van der Waals surface area contributed by atoms with Crippen LogP contribution in [0.3, 0.4) is 0 Å². The van der Waals surface area contributed by atoms with Gasteiger partial charge in [0.05, 0.1) is 17.9 Å². The minimum absolute atomic E-state index is 0.00724. The number of hydrogen-bond donors (Lipinski definition) is 2. The van der Waals surface area contributed by atoms with Crippen LogP contribution in [0.15, 0.2) is 35.3 Å². The van der Waals surface area contributed by atoms with Crippen molar-refractivity contribution in [3.63, 3.8) is 0 Å². The summed E-state index contributed by atoms with van der Waals surface area (Å²) in [6, 6.07) is 4.55. The molecule has 0 spiro atoms. The lowest BCUT2D eigenvalue weighted by Gasteiger charge is -2.36. The molecule has 0 saturated carbocycles. The second-order valence-corrected chi connectivity index (χ2v) is 11.9. The average molecular weight is 707 g/mol. The average Bonchev–Trinajstić information content (AvgIpc) is 3.53. The van der Waals surface area contributed by atoms with Crippen LogP contribution in [0.5, 0.6) is 5.75 Å². The van der Waals surface area contributed by atoms with Crippen LogP contribution >= 0.6 is 11.6 Å². The van der Waals surface area contributed by atoms with E-state index in [0.717, 1.165) is 10.6 Å². The highest BCUT2D eigenvalue weighted by atomic mass is 35.5. The molecule has 0 aliphatic carbocycles. The molecule has 19 heteroatoms. The van der Waals surface area contributed by atoms with Gasteiger partial charge in [-0.1, -0.05) is 18.5 Å². The minimum atomic E-state index is -4.74. The van der Waals surface area contributed by atoms with Crippen molar-refractivity contribution in [2.24, 2.45) is 0 Å². The molecule has 0 aromatic carbocycles. The number of carbonyl (C=O) groups excluding carboxylic acids is 2. The maximum Gasteiger partial charge on any atom is 0.433 e. The summed E-state index contributed by atoms with van der Waals surface area (Å²) in [4.78, 5) is 57.4. The highest BCUT2D eigenvalue weighted by Crippen LogP contribution is 2.31. The SMILES string of the molecule is CCc1c(N2CCN(C(=O)c3ncccc3O)CC2)c(=O)n2nc(N3CCCC(F)C3)nc2n1CC(=O)Nc1ccc(C(F)(F)F)nc1Cl. The zero-order chi connectivity index (χ0) is 35.0. The summed E-state index contributed by atoms with van der Waals surface area (Å²) in [5, 5.41) is 16.5. The van der Waals surface area contributed by atoms with Gasteiger partial charge in [0.2, 0.25) is 17.6 Å². The molecule has 2 fully saturated rings. The van der Waals surface area contributed by atoms with Gasteiger partial charge in [0.15, 0.2) is 10.8 Å². The number of piperazine rings is 1. The summed E-state index contributed by atoms with van der Waals surface area (Å²) in [7, 11) is 0. The number of piperidine rings is 1. The number of carbonyl (C=O) groups is 2. The topological polar surface area (TPSA) is 154 Å². The normalized spacial score (nSPS) is 17.1. The van der Waals surface area contributed by atoms with Crippen LogP contribution in [0.25, 0.3) is 5.78 Å². The lowest BCUT2D eigenvalue weighted by Crippen LogP contribution is -2.51. The van der Waals surface area contributed by atoms with E-state index in [4.69, 9.17) is 11.6 Å². The number of aromatic nitrogens is 6. The van der Waals surface area contributed by atoms with E-state index in [1.807, 2.05) is 0 Å². The lowest BCUT2D eigenvalue weighted by molar-refractivity contribution is -0.141. The van der Waals surface area contributed by atoms with E-state index in [9.17, 15) is 37.1 Å². The van der Waals surface area contributed by atoms with Crippen LogP contribution in [0.2, 0.25) is 5.15 Å². The van der Waals surface area contributed by atoms with Crippen LogP contribution < -0.4 is 20.7 Å². The molecule has 14 nitrogen and oxygen atoms in total. The van der Waals surface area contributed by atoms with Crippen molar-refractivity contribution in [2.75, 3.05) is 54.4 Å². The highest BCUT2D eigenvalue weighted by Gasteiger charge is 2.34. The van der Waals surface area contributed by atoms with Crippen LogP contribution in [0.4, 0.5) is 34.9 Å². The number of aromatic hydroxyl groups is 1. The van der Waals surface area contributed by atoms with Gasteiger partial charge < -0.3 is 29.7 Å². The first-order chi connectivity index (χ1) is 23.3. The fourth-order valence-electron chi connectivity index (χ4n) is 6.02. The molecule has 2 aliphatic heterocycles. The molecule has 0 radical (unpaired) electrons. The Morgan fingerprint density at radius 1 is 1.08 bits per heavy atom. The Morgan fingerprint density at radius 2 is 1.84 bits per heavy atom. The molecule has 260 valence electrons. The molecule has 2 aliphatic rings. The van der Waals surface area contributed by atoms with E-state index in [2.05, 4.69) is 25.4 Å². The predicted octanol–water partition coefficient (Wildman–Crippen LogP) is 3.16. The van der Waals surface area contributed by atoms with Gasteiger partial charge in [-0.15, -0.1) is 5.10 Å². The predicted molar refractivity (Wildman–Crippen MR) is 170 cm³/mol. The molecular weight excluding hydrogens is 676 g/mol. The molecule has 0 bridgehead atoms. The molecule has 2 N–H and O–H groups in total. The van der Waals surface area contributed by atoms with E-state index in [0.29, 0.717) is 31.1 Å². The molecule has 6 heterocycles. The van der Waals surface area contributed by atoms with Gasteiger partial charge in [-0.25, -0.2) is 14.4 Å². The third-order valence-electron chi connectivity index (χ3n) is 8.38. The Hall–Kier alpha value is -5.00. The van der Waals surface area contributed by atoms with E-state index < -0.39 is 47.1 Å². The van der Waals surface area contributed by atoms with E-state index in [-0.39, 0.29) is 73.7 Å². The Bertz CT molecular complexity index is 1960. The molecule has 4 aromatic rings. The van der Waals surface area contributed by atoms with Gasteiger partial charge in [0, 0.05) is 38.9 Å². The third kappa shape index (κ3) is 6.81. The van der Waals surface area contributed by atoms with Crippen molar-refractivity contribution < 1.29 is 32.3 Å². The van der Waals surface area contributed by atoms with Gasteiger partial charge in [0.1, 0.15) is 29.8 Å². The molecule has 4 aromatic heterocycles. The fraction of sp³-hybridized carbons (Fsp3) is 0.433. The van der Waals surface area contributed by atoms with Crippen molar-refractivity contribution >= 4 is 46.5 Å². The lowest BCUT2D eigenvalue weighted by atomic mass is 10.1. The third-order valence-corrected chi connectivity index (χ3v) is 8.67. The van der Waals surface area contributed by atoms with E-state index in [1.54, 1.807) is 16.7 Å². The molecule has 6 rings (SSSR count). The van der Waals surface area contributed by atoms with Crippen molar-refractivity contribution in [2.45, 2.75) is 45.1 Å². The number of pyridine rings is 2. The van der Waals surface area contributed by atoms with Crippen LogP contribution in [-0.2, 0) is 23.9 Å². The Labute approximate surface area is 280 Å². The largest absolute Gasteiger partial charge is 0.505 e. The van der Waals surface area contributed by atoms with E-state index in [1.165, 1.54) is 27.8 Å². The summed E-state index contributed by atoms with van der Waals surface area (Å²) < 4.78 is 56.2. The Kier molecular flexibility index (Phi) is 9.32. The number of alkyl halides is 4. The van der Waals surface area contributed by atoms with Crippen molar-refractivity contribution in [1.29, 1.82) is 0 Å². The standard InChI is InChI=1S/C30H31ClF4N10O4/c1-2-19-24(41-11-13-42(14-12-41)26(48)23-20(46)6-3-9-36-23)27(49)45-29(39-28(40-45)43-10-4-5-17(32)15-43)44(19)16-22(47)37-18-7-8-21(30(33,34)35)38-25(18)31/h3,6-9,17,46H,2,4-5,10-16H2,1H3,(H,37,47). The van der Waals surface area contributed by atoms with Crippen molar-refractivity contribution in [1.82, 2.24) is 34.0 Å². The van der Waals surface area contributed by atoms with Gasteiger partial charge in [-0.2, -0.15) is 22.7 Å². The number of anilines is 3. The summed E-state index contributed by atoms with van der Waals surface area (Å²) in [5.41, 5.74) is -1.38. The van der Waals surface area contributed by atoms with Crippen LogP contribution in [0, 0.1) is 0 Å². The van der Waals surface area contributed by atoms with Crippen molar-refractivity contribution in [3.05, 3.63) is 63.1 Å². The number of amides is 2. The molecule has 2 saturated heterocycles. The summed E-state index contributed by atoms with van der Waals surface area (Å²) >= 11 is 5.98. The van der Waals surface area contributed by atoms with E-state index >= 15 is 0 Å². The number of halogens is 5. The summed E-state index contributed by atoms with van der Waals surface area (Å²) in [5.74, 6) is -1.31. The molecule has 49 heavy (non-hydrogen) atoms. The first kappa shape index (κ1) is 33.9. The monoisotopic (exact) mass is 706 g/mol. The van der Waals surface area contributed by atoms with Crippen LogP contribution in [0.1, 0.15) is 41.6 Å². The fourth-order valence-corrected chi connectivity index (χ4v) is 6.22. The maximum absolute atomic E-state index is 14.3. The van der Waals surface area contributed by atoms with Gasteiger partial charge in [-0.3, -0.25) is 14.4 Å². The zero-order valence-electron chi connectivity index (χ0n) is 26.1. The molecule has 1 atom stereocenters. The van der Waals surface area contributed by atoms with Crippen molar-refractivity contribution in [3.8, 4) is 5.75 Å². The maximum atomic E-state index is 14.3. The zero-order valence-corrected chi connectivity index (χ0v) is 26.9. The molecule has 1 unspecified atom stereocenters. The van der Waals surface area contributed by atoms with Gasteiger partial charge >= 0.3 is 6.18 Å². The minimum Gasteiger partial charge on any atom is -0.505 e. The number of fused-ring (bicyclic) bond motifs is 1. The van der Waals surface area contributed by atoms with Gasteiger partial charge in [0.25, 0.3) is 11.5 Å². The number of rotatable bonds is 7.